The van der Waals surface area contributed by atoms with Crippen LogP contribution in [0.1, 0.15) is 29.4 Å². The Labute approximate surface area is 183 Å². The zero-order valence-electron chi connectivity index (χ0n) is 16.7. The van der Waals surface area contributed by atoms with Crippen molar-refractivity contribution in [2.45, 2.75) is 19.8 Å². The Bertz CT molecular complexity index is 1060. The summed E-state index contributed by atoms with van der Waals surface area (Å²) in [7, 11) is 1.36. The van der Waals surface area contributed by atoms with Gasteiger partial charge in [0.2, 0.25) is 0 Å². The molecule has 30 heavy (non-hydrogen) atoms. The second-order valence-corrected chi connectivity index (χ2v) is 7.47. The van der Waals surface area contributed by atoms with Gasteiger partial charge in [-0.1, -0.05) is 28.1 Å². The molecule has 6 nitrogen and oxygen atoms in total. The molecule has 0 amide bonds. The van der Waals surface area contributed by atoms with Gasteiger partial charge in [-0.25, -0.2) is 4.79 Å². The van der Waals surface area contributed by atoms with E-state index in [-0.39, 0.29) is 30.3 Å². The lowest BCUT2D eigenvalue weighted by atomic mass is 10.1. The minimum atomic E-state index is -0.576. The zero-order valence-corrected chi connectivity index (χ0v) is 18.3. The molecule has 0 radical (unpaired) electrons. The number of rotatable bonds is 7. The van der Waals surface area contributed by atoms with E-state index in [0.717, 1.165) is 21.4 Å². The maximum absolute atomic E-state index is 12.0. The number of aryl methyl sites for hydroxylation is 1. The van der Waals surface area contributed by atoms with Crippen molar-refractivity contribution < 1.29 is 24.2 Å². The topological polar surface area (TPSA) is 77.8 Å². The van der Waals surface area contributed by atoms with Crippen molar-refractivity contribution in [2.24, 2.45) is 0 Å². The fourth-order valence-electron chi connectivity index (χ4n) is 3.20. The maximum atomic E-state index is 12.0. The van der Waals surface area contributed by atoms with Crippen molar-refractivity contribution in [3.05, 3.63) is 70.3 Å². The predicted molar refractivity (Wildman–Crippen MR) is 117 cm³/mol. The van der Waals surface area contributed by atoms with E-state index >= 15 is 0 Å². The summed E-state index contributed by atoms with van der Waals surface area (Å²) in [6.45, 7) is 1.93. The third kappa shape index (κ3) is 4.74. The summed E-state index contributed by atoms with van der Waals surface area (Å²) in [6.07, 6.45) is 0.691. The van der Waals surface area contributed by atoms with Crippen molar-refractivity contribution in [3.8, 4) is 22.7 Å². The van der Waals surface area contributed by atoms with Crippen LogP contribution >= 0.6 is 15.9 Å². The molecule has 0 aliphatic rings. The molecule has 7 heteroatoms. The molecule has 3 aromatic rings. The Morgan fingerprint density at radius 3 is 2.43 bits per heavy atom. The van der Waals surface area contributed by atoms with Gasteiger partial charge in [-0.15, -0.1) is 0 Å². The summed E-state index contributed by atoms with van der Waals surface area (Å²) in [4.78, 5) is 23.7. The predicted octanol–water partition coefficient (Wildman–Crippen LogP) is 4.89. The fourth-order valence-corrected chi connectivity index (χ4v) is 3.46. The highest BCUT2D eigenvalue weighted by Crippen LogP contribution is 2.31. The third-order valence-electron chi connectivity index (χ3n) is 4.65. The smallest absolute Gasteiger partial charge is 0.341 e. The van der Waals surface area contributed by atoms with Gasteiger partial charge in [0.15, 0.2) is 0 Å². The van der Waals surface area contributed by atoms with Crippen LogP contribution in [0, 0.1) is 0 Å². The molecule has 0 aliphatic heterocycles. The van der Waals surface area contributed by atoms with E-state index < -0.39 is 5.97 Å². The lowest BCUT2D eigenvalue weighted by Crippen LogP contribution is -2.08. The third-order valence-corrected chi connectivity index (χ3v) is 5.18. The highest BCUT2D eigenvalue weighted by Gasteiger charge is 2.17. The number of halogens is 1. The van der Waals surface area contributed by atoms with Gasteiger partial charge >= 0.3 is 11.9 Å². The van der Waals surface area contributed by atoms with Crippen LogP contribution in [-0.2, 0) is 20.7 Å². The van der Waals surface area contributed by atoms with Crippen molar-refractivity contribution in [1.82, 2.24) is 4.57 Å². The number of carbonyl (C=O) groups is 2. The van der Waals surface area contributed by atoms with E-state index in [9.17, 15) is 14.7 Å². The van der Waals surface area contributed by atoms with E-state index in [1.165, 1.54) is 19.2 Å². The van der Waals surface area contributed by atoms with Crippen LogP contribution < -0.4 is 0 Å². The second-order valence-electron chi connectivity index (χ2n) is 6.55. The molecule has 0 atom stereocenters. The molecule has 1 N–H and O–H groups in total. The molecule has 0 unspecified atom stereocenters. The second kappa shape index (κ2) is 9.63. The number of benzene rings is 2. The van der Waals surface area contributed by atoms with E-state index in [2.05, 4.69) is 15.9 Å². The van der Waals surface area contributed by atoms with Crippen molar-refractivity contribution >= 4 is 27.9 Å². The van der Waals surface area contributed by atoms with Gasteiger partial charge in [-0.05, 0) is 55.3 Å². The van der Waals surface area contributed by atoms with E-state index in [0.29, 0.717) is 12.1 Å². The first-order valence-electron chi connectivity index (χ1n) is 9.48. The molecule has 0 bridgehead atoms. The number of methoxy groups -OCH3 is 1. The minimum Gasteiger partial charge on any atom is -0.507 e. The standard InChI is InChI=1S/C23H22BrNO5/c1-3-30-23(28)19-11-8-18(14-21(19)26)25-17(10-13-22(27)29-2)9-12-20(25)15-4-6-16(24)7-5-15/h4-9,11-12,14,26H,3,10,13H2,1-2H3. The monoisotopic (exact) mass is 471 g/mol. The first kappa shape index (κ1) is 21.6. The van der Waals surface area contributed by atoms with Crippen LogP contribution in [0.15, 0.2) is 59.1 Å². The lowest BCUT2D eigenvalue weighted by molar-refractivity contribution is -0.140. The normalized spacial score (nSPS) is 10.6. The average molecular weight is 472 g/mol. The molecule has 0 saturated heterocycles. The Kier molecular flexibility index (Phi) is 6.95. The first-order valence-corrected chi connectivity index (χ1v) is 10.3. The quantitative estimate of drug-likeness (QED) is 0.496. The number of aromatic nitrogens is 1. The van der Waals surface area contributed by atoms with Crippen LogP contribution in [0.2, 0.25) is 0 Å². The Hall–Kier alpha value is -3.06. The number of hydrogen-bond donors (Lipinski definition) is 1. The van der Waals surface area contributed by atoms with Crippen molar-refractivity contribution in [3.63, 3.8) is 0 Å². The van der Waals surface area contributed by atoms with Crippen LogP contribution in [0.5, 0.6) is 5.75 Å². The Balaban J connectivity index is 2.07. The molecule has 3 rings (SSSR count). The number of esters is 2. The van der Waals surface area contributed by atoms with E-state index in [1.54, 1.807) is 13.0 Å². The molecule has 1 heterocycles. The molecule has 156 valence electrons. The SMILES string of the molecule is CCOC(=O)c1ccc(-n2c(CCC(=O)OC)ccc2-c2ccc(Br)cc2)cc1O. The number of nitrogens with zero attached hydrogens (tertiary/aromatic N) is 1. The molecule has 2 aromatic carbocycles. The van der Waals surface area contributed by atoms with Gasteiger partial charge < -0.3 is 19.1 Å². The molecular weight excluding hydrogens is 450 g/mol. The average Bonchev–Trinajstić information content (AvgIpc) is 3.16. The maximum Gasteiger partial charge on any atom is 0.341 e. The van der Waals surface area contributed by atoms with Crippen LogP contribution in [0.25, 0.3) is 16.9 Å². The highest BCUT2D eigenvalue weighted by molar-refractivity contribution is 9.10. The summed E-state index contributed by atoms with van der Waals surface area (Å²) in [5.74, 6) is -1.04. The minimum absolute atomic E-state index is 0.106. The zero-order chi connectivity index (χ0) is 21.7. The van der Waals surface area contributed by atoms with Gasteiger partial charge in [-0.3, -0.25) is 4.79 Å². The highest BCUT2D eigenvalue weighted by atomic mass is 79.9. The van der Waals surface area contributed by atoms with Crippen molar-refractivity contribution in [2.75, 3.05) is 13.7 Å². The summed E-state index contributed by atoms with van der Waals surface area (Å²) in [5.41, 5.74) is 3.51. The van der Waals surface area contributed by atoms with Gasteiger partial charge in [0, 0.05) is 21.9 Å². The Morgan fingerprint density at radius 1 is 1.07 bits per heavy atom. The molecule has 0 spiro atoms. The summed E-state index contributed by atoms with van der Waals surface area (Å²) in [6, 6.07) is 16.6. The first-order chi connectivity index (χ1) is 14.4. The van der Waals surface area contributed by atoms with Crippen molar-refractivity contribution in [1.29, 1.82) is 0 Å². The molecule has 0 saturated carbocycles. The molecule has 0 fully saturated rings. The Morgan fingerprint density at radius 2 is 1.80 bits per heavy atom. The van der Waals surface area contributed by atoms with Gasteiger partial charge in [0.25, 0.3) is 0 Å². The van der Waals surface area contributed by atoms with Crippen LogP contribution in [-0.4, -0.2) is 35.3 Å². The molecular formula is C23H22BrNO5. The lowest BCUT2D eigenvalue weighted by Gasteiger charge is -2.15. The van der Waals surface area contributed by atoms with Gasteiger partial charge in [0.1, 0.15) is 11.3 Å². The van der Waals surface area contributed by atoms with Gasteiger partial charge in [-0.2, -0.15) is 0 Å². The number of phenolic OH excluding ortho intramolecular Hbond substituents is 1. The number of aromatic hydroxyl groups is 1. The summed E-state index contributed by atoms with van der Waals surface area (Å²) >= 11 is 3.44. The largest absolute Gasteiger partial charge is 0.507 e. The number of carbonyl (C=O) groups excluding carboxylic acids is 2. The van der Waals surface area contributed by atoms with Crippen LogP contribution in [0.4, 0.5) is 0 Å². The number of hydrogen-bond acceptors (Lipinski definition) is 5. The van der Waals surface area contributed by atoms with E-state index in [4.69, 9.17) is 9.47 Å². The number of ether oxygens (including phenoxy) is 2. The molecule has 1 aromatic heterocycles. The summed E-state index contributed by atoms with van der Waals surface area (Å²) < 4.78 is 12.7. The van der Waals surface area contributed by atoms with Crippen LogP contribution in [0.3, 0.4) is 0 Å². The summed E-state index contributed by atoms with van der Waals surface area (Å²) in [5, 5.41) is 10.4. The molecule has 0 aliphatic carbocycles. The van der Waals surface area contributed by atoms with E-state index in [1.807, 2.05) is 41.0 Å². The van der Waals surface area contributed by atoms with Gasteiger partial charge in [0.05, 0.1) is 25.8 Å². The number of phenols is 1. The fraction of sp³-hybridized carbons (Fsp3) is 0.217.